The first-order valence-electron chi connectivity index (χ1n) is 10.6. The molecule has 1 atom stereocenters. The van der Waals surface area contributed by atoms with Crippen molar-refractivity contribution in [3.8, 4) is 0 Å². The van der Waals surface area contributed by atoms with Crippen molar-refractivity contribution < 1.29 is 4.74 Å². The highest BCUT2D eigenvalue weighted by molar-refractivity contribution is 5.79. The maximum Gasteiger partial charge on any atom is 0.191 e. The summed E-state index contributed by atoms with van der Waals surface area (Å²) in [6.07, 6.45) is 4.07. The van der Waals surface area contributed by atoms with Crippen LogP contribution < -0.4 is 10.6 Å². The van der Waals surface area contributed by atoms with E-state index in [1.807, 2.05) is 11.7 Å². The molecule has 0 bridgehead atoms. The molecule has 1 aliphatic heterocycles. The number of nitrogens with one attached hydrogen (secondary N) is 2. The van der Waals surface area contributed by atoms with E-state index < -0.39 is 0 Å². The van der Waals surface area contributed by atoms with E-state index in [2.05, 4.69) is 63.8 Å². The van der Waals surface area contributed by atoms with E-state index in [-0.39, 0.29) is 0 Å². The molecular formula is C22H34N6O. The van der Waals surface area contributed by atoms with Crippen molar-refractivity contribution in [1.29, 1.82) is 0 Å². The summed E-state index contributed by atoms with van der Waals surface area (Å²) in [6, 6.07) is 9.28. The quantitative estimate of drug-likeness (QED) is 0.406. The SMILES string of the molecule is CN=C(NCCCc1ccc(C(C)C)cc1)NC1CCc2nc(COC)nn2C1. The summed E-state index contributed by atoms with van der Waals surface area (Å²) in [5.74, 6) is 3.24. The van der Waals surface area contributed by atoms with Crippen LogP contribution in [-0.2, 0) is 30.7 Å². The number of guanidine groups is 1. The van der Waals surface area contributed by atoms with Crippen LogP contribution in [0.25, 0.3) is 0 Å². The molecule has 2 N–H and O–H groups in total. The maximum absolute atomic E-state index is 5.13. The van der Waals surface area contributed by atoms with Crippen LogP contribution in [0.3, 0.4) is 0 Å². The molecule has 0 radical (unpaired) electrons. The average molecular weight is 399 g/mol. The Balaban J connectivity index is 1.41. The summed E-state index contributed by atoms with van der Waals surface area (Å²) in [4.78, 5) is 8.91. The Hall–Kier alpha value is -2.41. The molecule has 0 saturated heterocycles. The highest BCUT2D eigenvalue weighted by Crippen LogP contribution is 2.15. The number of nitrogens with zero attached hydrogens (tertiary/aromatic N) is 4. The zero-order chi connectivity index (χ0) is 20.6. The summed E-state index contributed by atoms with van der Waals surface area (Å²) in [5.41, 5.74) is 2.78. The largest absolute Gasteiger partial charge is 0.377 e. The van der Waals surface area contributed by atoms with Crippen LogP contribution in [-0.4, -0.2) is 47.5 Å². The standard InChI is InChI=1S/C22H34N6O/c1-16(2)18-9-7-17(8-10-18)6-5-13-24-22(23-3)25-19-11-12-21-26-20(15-29-4)27-28(21)14-19/h7-10,16,19H,5-6,11-15H2,1-4H3,(H2,23,24,25). The number of methoxy groups -OCH3 is 1. The van der Waals surface area contributed by atoms with E-state index in [0.717, 1.165) is 56.4 Å². The number of ether oxygens (including phenoxy) is 1. The summed E-state index contributed by atoms with van der Waals surface area (Å²) in [6.45, 7) is 6.61. The smallest absolute Gasteiger partial charge is 0.191 e. The van der Waals surface area contributed by atoms with Crippen molar-refractivity contribution in [2.24, 2.45) is 4.99 Å². The third kappa shape index (κ3) is 6.03. The minimum absolute atomic E-state index is 0.300. The molecule has 1 aliphatic rings. The maximum atomic E-state index is 5.13. The second-order valence-corrected chi connectivity index (χ2v) is 7.94. The second-order valence-electron chi connectivity index (χ2n) is 7.94. The van der Waals surface area contributed by atoms with Gasteiger partial charge in [0.15, 0.2) is 11.8 Å². The first-order chi connectivity index (χ1) is 14.1. The molecular weight excluding hydrogens is 364 g/mol. The molecule has 7 heteroatoms. The van der Waals surface area contributed by atoms with Gasteiger partial charge in [0.25, 0.3) is 0 Å². The zero-order valence-corrected chi connectivity index (χ0v) is 18.1. The van der Waals surface area contributed by atoms with Gasteiger partial charge in [-0.2, -0.15) is 5.10 Å². The fraction of sp³-hybridized carbons (Fsp3) is 0.591. The van der Waals surface area contributed by atoms with Crippen LogP contribution in [0.5, 0.6) is 0 Å². The van der Waals surface area contributed by atoms with Crippen molar-refractivity contribution in [3.63, 3.8) is 0 Å². The Labute approximate surface area is 174 Å². The number of benzene rings is 1. The second kappa shape index (κ2) is 10.4. The number of hydrogen-bond donors (Lipinski definition) is 2. The highest BCUT2D eigenvalue weighted by Gasteiger charge is 2.22. The number of aromatic nitrogens is 3. The van der Waals surface area contributed by atoms with Crippen molar-refractivity contribution in [1.82, 2.24) is 25.4 Å². The van der Waals surface area contributed by atoms with Crippen LogP contribution >= 0.6 is 0 Å². The van der Waals surface area contributed by atoms with Gasteiger partial charge in [0.05, 0.1) is 6.54 Å². The number of hydrogen-bond acceptors (Lipinski definition) is 4. The molecule has 0 fully saturated rings. The number of rotatable bonds is 8. The van der Waals surface area contributed by atoms with Crippen LogP contribution in [0, 0.1) is 0 Å². The molecule has 1 unspecified atom stereocenters. The normalized spacial score (nSPS) is 16.7. The van der Waals surface area contributed by atoms with E-state index in [4.69, 9.17) is 4.74 Å². The molecule has 2 heterocycles. The Morgan fingerprint density at radius 3 is 2.79 bits per heavy atom. The number of aliphatic imine (C=N–C) groups is 1. The van der Waals surface area contributed by atoms with Gasteiger partial charge in [-0.15, -0.1) is 0 Å². The Morgan fingerprint density at radius 1 is 1.31 bits per heavy atom. The Bertz CT molecular complexity index is 796. The van der Waals surface area contributed by atoms with Gasteiger partial charge < -0.3 is 15.4 Å². The molecule has 0 saturated carbocycles. The lowest BCUT2D eigenvalue weighted by Crippen LogP contribution is -2.47. The lowest BCUT2D eigenvalue weighted by Gasteiger charge is -2.25. The van der Waals surface area contributed by atoms with Crippen molar-refractivity contribution in [2.75, 3.05) is 20.7 Å². The third-order valence-electron chi connectivity index (χ3n) is 5.32. The third-order valence-corrected chi connectivity index (χ3v) is 5.32. The van der Waals surface area contributed by atoms with Crippen molar-refractivity contribution in [2.45, 2.75) is 64.6 Å². The van der Waals surface area contributed by atoms with Crippen LogP contribution in [0.2, 0.25) is 0 Å². The fourth-order valence-corrected chi connectivity index (χ4v) is 3.63. The van der Waals surface area contributed by atoms with Gasteiger partial charge in [-0.3, -0.25) is 4.99 Å². The lowest BCUT2D eigenvalue weighted by molar-refractivity contribution is 0.177. The zero-order valence-electron chi connectivity index (χ0n) is 18.1. The summed E-state index contributed by atoms with van der Waals surface area (Å²) >= 11 is 0. The summed E-state index contributed by atoms with van der Waals surface area (Å²) in [5, 5.41) is 11.5. The van der Waals surface area contributed by atoms with Gasteiger partial charge in [-0.25, -0.2) is 9.67 Å². The predicted molar refractivity (Wildman–Crippen MR) is 116 cm³/mol. The summed E-state index contributed by atoms with van der Waals surface area (Å²) in [7, 11) is 3.49. The van der Waals surface area contributed by atoms with Gasteiger partial charge >= 0.3 is 0 Å². The minimum Gasteiger partial charge on any atom is -0.377 e. The highest BCUT2D eigenvalue weighted by atomic mass is 16.5. The molecule has 1 aromatic carbocycles. The van der Waals surface area contributed by atoms with E-state index in [9.17, 15) is 0 Å². The molecule has 1 aromatic heterocycles. The average Bonchev–Trinajstić information content (AvgIpc) is 3.12. The Morgan fingerprint density at radius 2 is 2.10 bits per heavy atom. The molecule has 3 rings (SSSR count). The van der Waals surface area contributed by atoms with Gasteiger partial charge in [-0.1, -0.05) is 38.1 Å². The summed E-state index contributed by atoms with van der Waals surface area (Å²) < 4.78 is 7.12. The van der Waals surface area contributed by atoms with E-state index >= 15 is 0 Å². The molecule has 0 aliphatic carbocycles. The molecule has 0 spiro atoms. The van der Waals surface area contributed by atoms with Crippen molar-refractivity contribution >= 4 is 5.96 Å². The lowest BCUT2D eigenvalue weighted by atomic mass is 10.0. The molecule has 7 nitrogen and oxygen atoms in total. The molecule has 158 valence electrons. The number of fused-ring (bicyclic) bond motifs is 1. The van der Waals surface area contributed by atoms with E-state index in [1.54, 1.807) is 7.11 Å². The fourth-order valence-electron chi connectivity index (χ4n) is 3.63. The topological polar surface area (TPSA) is 76.4 Å². The molecule has 0 amide bonds. The number of aryl methyl sites for hydroxylation is 2. The van der Waals surface area contributed by atoms with Gasteiger partial charge in [0.2, 0.25) is 0 Å². The van der Waals surface area contributed by atoms with E-state index in [0.29, 0.717) is 18.6 Å². The van der Waals surface area contributed by atoms with Gasteiger partial charge in [-0.05, 0) is 36.3 Å². The van der Waals surface area contributed by atoms with Crippen LogP contribution in [0.1, 0.15) is 55.4 Å². The predicted octanol–water partition coefficient (Wildman–Crippen LogP) is 2.66. The minimum atomic E-state index is 0.300. The van der Waals surface area contributed by atoms with Gasteiger partial charge in [0, 0.05) is 33.2 Å². The van der Waals surface area contributed by atoms with Crippen LogP contribution in [0.4, 0.5) is 0 Å². The first-order valence-corrected chi connectivity index (χ1v) is 10.6. The van der Waals surface area contributed by atoms with E-state index in [1.165, 1.54) is 11.1 Å². The van der Waals surface area contributed by atoms with Crippen LogP contribution in [0.15, 0.2) is 29.3 Å². The monoisotopic (exact) mass is 398 g/mol. The Kier molecular flexibility index (Phi) is 7.63. The first kappa shape index (κ1) is 21.3. The molecule has 29 heavy (non-hydrogen) atoms. The van der Waals surface area contributed by atoms with Crippen molar-refractivity contribution in [3.05, 3.63) is 47.0 Å². The molecule has 2 aromatic rings. The van der Waals surface area contributed by atoms with Gasteiger partial charge in [0.1, 0.15) is 12.4 Å².